The van der Waals surface area contributed by atoms with Gasteiger partial charge in [0.2, 0.25) is 5.95 Å². The standard InChI is InChI=1S/C16H15N5O2/c17-11-12-1-3-13(4-2-12)19-15(22)14-5-6-18-16(20-14)21-7-9-23-10-8-21/h1-6H,7-10H2,(H,19,22). The summed E-state index contributed by atoms with van der Waals surface area (Å²) in [5.41, 5.74) is 1.45. The van der Waals surface area contributed by atoms with Crippen molar-refractivity contribution in [3.8, 4) is 6.07 Å². The van der Waals surface area contributed by atoms with Gasteiger partial charge in [0.25, 0.3) is 5.91 Å². The number of nitrogens with one attached hydrogen (secondary N) is 1. The quantitative estimate of drug-likeness (QED) is 0.922. The van der Waals surface area contributed by atoms with E-state index in [0.29, 0.717) is 49.2 Å². The second-order valence-corrected chi connectivity index (χ2v) is 4.98. The third kappa shape index (κ3) is 3.62. The Morgan fingerprint density at radius 3 is 2.65 bits per heavy atom. The molecule has 0 saturated carbocycles. The van der Waals surface area contributed by atoms with Crippen molar-refractivity contribution in [3.05, 3.63) is 47.8 Å². The molecule has 23 heavy (non-hydrogen) atoms. The number of carbonyl (C=O) groups excluding carboxylic acids is 1. The van der Waals surface area contributed by atoms with Crippen molar-refractivity contribution in [1.82, 2.24) is 9.97 Å². The first-order chi connectivity index (χ1) is 11.3. The Balaban J connectivity index is 1.72. The zero-order valence-corrected chi connectivity index (χ0v) is 12.4. The number of nitriles is 1. The van der Waals surface area contributed by atoms with Crippen molar-refractivity contribution in [2.75, 3.05) is 36.5 Å². The molecule has 1 N–H and O–H groups in total. The van der Waals surface area contributed by atoms with E-state index in [4.69, 9.17) is 10.00 Å². The molecule has 2 aromatic rings. The van der Waals surface area contributed by atoms with Crippen LogP contribution in [0.3, 0.4) is 0 Å². The van der Waals surface area contributed by atoms with Gasteiger partial charge in [-0.05, 0) is 30.3 Å². The first kappa shape index (κ1) is 14.9. The van der Waals surface area contributed by atoms with Crippen molar-refractivity contribution >= 4 is 17.5 Å². The van der Waals surface area contributed by atoms with E-state index in [9.17, 15) is 4.79 Å². The number of benzene rings is 1. The molecule has 0 aliphatic carbocycles. The van der Waals surface area contributed by atoms with E-state index in [1.165, 1.54) is 0 Å². The molecule has 1 amide bonds. The summed E-state index contributed by atoms with van der Waals surface area (Å²) in [6.07, 6.45) is 1.57. The molecule has 0 bridgehead atoms. The highest BCUT2D eigenvalue weighted by atomic mass is 16.5. The summed E-state index contributed by atoms with van der Waals surface area (Å²) in [5, 5.41) is 11.5. The summed E-state index contributed by atoms with van der Waals surface area (Å²) < 4.78 is 5.30. The first-order valence-electron chi connectivity index (χ1n) is 7.23. The van der Waals surface area contributed by atoms with Crippen LogP contribution in [0.1, 0.15) is 16.1 Å². The van der Waals surface area contributed by atoms with E-state index < -0.39 is 0 Å². The largest absolute Gasteiger partial charge is 0.378 e. The third-order valence-corrected chi connectivity index (χ3v) is 3.44. The first-order valence-corrected chi connectivity index (χ1v) is 7.23. The van der Waals surface area contributed by atoms with E-state index in [0.717, 1.165) is 0 Å². The minimum Gasteiger partial charge on any atom is -0.378 e. The lowest BCUT2D eigenvalue weighted by molar-refractivity contribution is 0.102. The van der Waals surface area contributed by atoms with Crippen molar-refractivity contribution in [2.45, 2.75) is 0 Å². The normalized spacial score (nSPS) is 14.1. The molecule has 1 aliphatic heterocycles. The van der Waals surface area contributed by atoms with Gasteiger partial charge < -0.3 is 15.0 Å². The van der Waals surface area contributed by atoms with Crippen molar-refractivity contribution in [2.24, 2.45) is 0 Å². The van der Waals surface area contributed by atoms with Gasteiger partial charge in [0.15, 0.2) is 0 Å². The highest BCUT2D eigenvalue weighted by Crippen LogP contribution is 2.13. The van der Waals surface area contributed by atoms with E-state index in [1.54, 1.807) is 36.5 Å². The number of aromatic nitrogens is 2. The minimum absolute atomic E-state index is 0.297. The number of anilines is 2. The molecule has 7 nitrogen and oxygen atoms in total. The zero-order valence-electron chi connectivity index (χ0n) is 12.4. The SMILES string of the molecule is N#Cc1ccc(NC(=O)c2ccnc(N3CCOCC3)n2)cc1. The van der Waals surface area contributed by atoms with Gasteiger partial charge in [0.1, 0.15) is 5.69 Å². The fourth-order valence-corrected chi connectivity index (χ4v) is 2.21. The number of nitrogens with zero attached hydrogens (tertiary/aromatic N) is 4. The highest BCUT2D eigenvalue weighted by Gasteiger charge is 2.16. The molecule has 0 radical (unpaired) electrons. The molecule has 1 fully saturated rings. The molecule has 2 heterocycles. The molecule has 1 saturated heterocycles. The van der Waals surface area contributed by atoms with Gasteiger partial charge in [-0.3, -0.25) is 4.79 Å². The Kier molecular flexibility index (Phi) is 4.45. The van der Waals surface area contributed by atoms with Crippen LogP contribution in [0.4, 0.5) is 11.6 Å². The molecule has 0 unspecified atom stereocenters. The molecule has 0 atom stereocenters. The lowest BCUT2D eigenvalue weighted by Crippen LogP contribution is -2.37. The van der Waals surface area contributed by atoms with Crippen molar-refractivity contribution in [3.63, 3.8) is 0 Å². The fourth-order valence-electron chi connectivity index (χ4n) is 2.21. The molecular weight excluding hydrogens is 294 g/mol. The van der Waals surface area contributed by atoms with E-state index in [2.05, 4.69) is 15.3 Å². The smallest absolute Gasteiger partial charge is 0.274 e. The summed E-state index contributed by atoms with van der Waals surface area (Å²) in [6, 6.07) is 10.3. The fraction of sp³-hybridized carbons (Fsp3) is 0.250. The van der Waals surface area contributed by atoms with Crippen LogP contribution < -0.4 is 10.2 Å². The summed E-state index contributed by atoms with van der Waals surface area (Å²) in [5.74, 6) is 0.215. The van der Waals surface area contributed by atoms with Gasteiger partial charge in [-0.1, -0.05) is 0 Å². The lowest BCUT2D eigenvalue weighted by atomic mass is 10.2. The predicted molar refractivity (Wildman–Crippen MR) is 84.2 cm³/mol. The third-order valence-electron chi connectivity index (χ3n) is 3.44. The summed E-state index contributed by atoms with van der Waals surface area (Å²) >= 11 is 0. The minimum atomic E-state index is -0.313. The van der Waals surface area contributed by atoms with Gasteiger partial charge in [0.05, 0.1) is 24.8 Å². The lowest BCUT2D eigenvalue weighted by Gasteiger charge is -2.26. The second-order valence-electron chi connectivity index (χ2n) is 4.98. The van der Waals surface area contributed by atoms with E-state index in [1.807, 2.05) is 11.0 Å². The second kappa shape index (κ2) is 6.85. The Morgan fingerprint density at radius 2 is 1.96 bits per heavy atom. The zero-order chi connectivity index (χ0) is 16.1. The number of hydrogen-bond donors (Lipinski definition) is 1. The number of ether oxygens (including phenoxy) is 1. The number of hydrogen-bond acceptors (Lipinski definition) is 6. The van der Waals surface area contributed by atoms with Crippen LogP contribution in [0.15, 0.2) is 36.5 Å². The van der Waals surface area contributed by atoms with Crippen molar-refractivity contribution < 1.29 is 9.53 Å². The van der Waals surface area contributed by atoms with Crippen LogP contribution in [0.5, 0.6) is 0 Å². The van der Waals surface area contributed by atoms with Crippen molar-refractivity contribution in [1.29, 1.82) is 5.26 Å². The monoisotopic (exact) mass is 309 g/mol. The molecule has 3 rings (SSSR count). The van der Waals surface area contributed by atoms with E-state index >= 15 is 0 Å². The highest BCUT2D eigenvalue weighted by molar-refractivity contribution is 6.02. The van der Waals surface area contributed by atoms with Gasteiger partial charge >= 0.3 is 0 Å². The molecule has 116 valence electrons. The maximum atomic E-state index is 12.3. The van der Waals surface area contributed by atoms with Crippen LogP contribution in [-0.2, 0) is 4.74 Å². The Hall–Kier alpha value is -2.98. The summed E-state index contributed by atoms with van der Waals surface area (Å²) in [7, 11) is 0. The summed E-state index contributed by atoms with van der Waals surface area (Å²) in [6.45, 7) is 2.68. The number of amides is 1. The Morgan fingerprint density at radius 1 is 1.22 bits per heavy atom. The maximum Gasteiger partial charge on any atom is 0.274 e. The Labute approximate surface area is 133 Å². The summed E-state index contributed by atoms with van der Waals surface area (Å²) in [4.78, 5) is 22.8. The van der Waals surface area contributed by atoms with Gasteiger partial charge in [0, 0.05) is 25.0 Å². The average molecular weight is 309 g/mol. The number of carbonyl (C=O) groups is 1. The van der Waals surface area contributed by atoms with Crippen LogP contribution in [0, 0.1) is 11.3 Å². The molecule has 1 aromatic carbocycles. The molecule has 7 heteroatoms. The number of rotatable bonds is 3. The average Bonchev–Trinajstić information content (AvgIpc) is 2.63. The Bertz CT molecular complexity index is 733. The van der Waals surface area contributed by atoms with Gasteiger partial charge in [-0.15, -0.1) is 0 Å². The number of morpholine rings is 1. The van der Waals surface area contributed by atoms with Crippen LogP contribution in [0.2, 0.25) is 0 Å². The van der Waals surface area contributed by atoms with Crippen LogP contribution in [-0.4, -0.2) is 42.2 Å². The molecule has 1 aromatic heterocycles. The maximum absolute atomic E-state index is 12.3. The topological polar surface area (TPSA) is 91.1 Å². The molecule has 1 aliphatic rings. The van der Waals surface area contributed by atoms with Crippen LogP contribution in [0.25, 0.3) is 0 Å². The van der Waals surface area contributed by atoms with Gasteiger partial charge in [-0.25, -0.2) is 9.97 Å². The van der Waals surface area contributed by atoms with E-state index in [-0.39, 0.29) is 5.91 Å². The molecular formula is C16H15N5O2. The van der Waals surface area contributed by atoms with Crippen LogP contribution >= 0.6 is 0 Å². The van der Waals surface area contributed by atoms with Gasteiger partial charge in [-0.2, -0.15) is 5.26 Å². The predicted octanol–water partition coefficient (Wildman–Crippen LogP) is 1.44. The molecule has 0 spiro atoms.